The third kappa shape index (κ3) is 3.08. The Morgan fingerprint density at radius 2 is 2.29 bits per heavy atom. The number of aromatic nitrogens is 1. The molecular formula is C14H24N2S. The van der Waals surface area contributed by atoms with Crippen molar-refractivity contribution in [2.75, 3.05) is 18.1 Å². The summed E-state index contributed by atoms with van der Waals surface area (Å²) >= 11 is 2.10. The van der Waals surface area contributed by atoms with E-state index in [0.717, 1.165) is 19.0 Å². The van der Waals surface area contributed by atoms with Gasteiger partial charge in [-0.25, -0.2) is 0 Å². The summed E-state index contributed by atoms with van der Waals surface area (Å²) in [5.41, 5.74) is 4.28. The summed E-state index contributed by atoms with van der Waals surface area (Å²) in [6.45, 7) is 9.94. The maximum Gasteiger partial charge on any atom is 0.0223 e. The molecule has 1 aliphatic heterocycles. The average Bonchev–Trinajstić information content (AvgIpc) is 2.89. The van der Waals surface area contributed by atoms with Gasteiger partial charge in [0.1, 0.15) is 0 Å². The van der Waals surface area contributed by atoms with Crippen LogP contribution in [0.5, 0.6) is 0 Å². The van der Waals surface area contributed by atoms with Crippen molar-refractivity contribution in [3.05, 3.63) is 23.0 Å². The van der Waals surface area contributed by atoms with Gasteiger partial charge in [-0.2, -0.15) is 11.8 Å². The Labute approximate surface area is 109 Å². The number of rotatable bonds is 5. The number of nitrogens with one attached hydrogen (secondary N) is 1. The number of nitrogens with zero attached hydrogens (tertiary/aromatic N) is 1. The third-order valence-corrected chi connectivity index (χ3v) is 5.00. The Bertz CT molecular complexity index is 365. The van der Waals surface area contributed by atoms with Crippen molar-refractivity contribution in [3.8, 4) is 0 Å². The summed E-state index contributed by atoms with van der Waals surface area (Å²) in [7, 11) is 0. The van der Waals surface area contributed by atoms with Crippen LogP contribution in [0.2, 0.25) is 0 Å². The molecule has 0 aliphatic carbocycles. The molecule has 0 saturated carbocycles. The molecule has 1 aromatic rings. The summed E-state index contributed by atoms with van der Waals surface area (Å²) in [6.07, 6.45) is 1.39. The van der Waals surface area contributed by atoms with E-state index in [1.54, 1.807) is 0 Å². The van der Waals surface area contributed by atoms with Gasteiger partial charge in [0.05, 0.1) is 0 Å². The van der Waals surface area contributed by atoms with Gasteiger partial charge in [0.25, 0.3) is 0 Å². The Balaban J connectivity index is 1.86. The molecule has 2 heterocycles. The lowest BCUT2D eigenvalue weighted by molar-refractivity contribution is 0.522. The first-order valence-electron chi connectivity index (χ1n) is 6.66. The topological polar surface area (TPSA) is 17.0 Å². The van der Waals surface area contributed by atoms with Crippen LogP contribution in [0.25, 0.3) is 0 Å². The fourth-order valence-electron chi connectivity index (χ4n) is 2.69. The molecule has 2 nitrogen and oxygen atoms in total. The smallest absolute Gasteiger partial charge is 0.0223 e. The molecule has 2 rings (SSSR count). The van der Waals surface area contributed by atoms with Crippen LogP contribution in [-0.4, -0.2) is 22.6 Å². The molecule has 0 aromatic carbocycles. The van der Waals surface area contributed by atoms with E-state index in [1.807, 2.05) is 0 Å². The SMILES string of the molecule is CCn1c(C)cc(CNCC2CCSC2)c1C. The first-order valence-corrected chi connectivity index (χ1v) is 7.82. The summed E-state index contributed by atoms with van der Waals surface area (Å²) < 4.78 is 2.39. The highest BCUT2D eigenvalue weighted by molar-refractivity contribution is 7.99. The van der Waals surface area contributed by atoms with Crippen LogP contribution >= 0.6 is 11.8 Å². The zero-order chi connectivity index (χ0) is 12.3. The van der Waals surface area contributed by atoms with Crippen molar-refractivity contribution in [3.63, 3.8) is 0 Å². The lowest BCUT2D eigenvalue weighted by atomic mass is 10.1. The molecular weight excluding hydrogens is 228 g/mol. The minimum absolute atomic E-state index is 0.898. The van der Waals surface area contributed by atoms with E-state index >= 15 is 0 Å². The van der Waals surface area contributed by atoms with Gasteiger partial charge in [-0.15, -0.1) is 0 Å². The first-order chi connectivity index (χ1) is 8.22. The van der Waals surface area contributed by atoms with Crippen LogP contribution in [0.3, 0.4) is 0 Å². The van der Waals surface area contributed by atoms with E-state index in [0.29, 0.717) is 0 Å². The van der Waals surface area contributed by atoms with Gasteiger partial charge in [-0.05, 0) is 62.8 Å². The highest BCUT2D eigenvalue weighted by Crippen LogP contribution is 2.22. The maximum absolute atomic E-state index is 3.62. The van der Waals surface area contributed by atoms with Crippen LogP contribution in [0.4, 0.5) is 0 Å². The summed E-state index contributed by atoms with van der Waals surface area (Å²) in [4.78, 5) is 0. The predicted molar refractivity (Wildman–Crippen MR) is 76.7 cm³/mol. The van der Waals surface area contributed by atoms with Crippen molar-refractivity contribution in [2.24, 2.45) is 5.92 Å². The van der Waals surface area contributed by atoms with Crippen LogP contribution in [0.15, 0.2) is 6.07 Å². The summed E-state index contributed by atoms with van der Waals surface area (Å²) in [6, 6.07) is 2.33. The molecule has 1 saturated heterocycles. The zero-order valence-electron chi connectivity index (χ0n) is 11.3. The average molecular weight is 252 g/mol. The van der Waals surface area contributed by atoms with E-state index in [1.165, 1.54) is 41.4 Å². The molecule has 1 aliphatic rings. The second-order valence-electron chi connectivity index (χ2n) is 5.00. The van der Waals surface area contributed by atoms with E-state index in [2.05, 4.69) is 48.5 Å². The predicted octanol–water partition coefficient (Wildman–Crippen LogP) is 2.97. The van der Waals surface area contributed by atoms with Gasteiger partial charge >= 0.3 is 0 Å². The quantitative estimate of drug-likeness (QED) is 0.867. The Hall–Kier alpha value is -0.410. The Morgan fingerprint density at radius 1 is 1.47 bits per heavy atom. The zero-order valence-corrected chi connectivity index (χ0v) is 12.1. The molecule has 1 unspecified atom stereocenters. The second kappa shape index (κ2) is 5.96. The van der Waals surface area contributed by atoms with Gasteiger partial charge in [-0.3, -0.25) is 0 Å². The van der Waals surface area contributed by atoms with Gasteiger partial charge in [0, 0.05) is 24.5 Å². The van der Waals surface area contributed by atoms with E-state index in [4.69, 9.17) is 0 Å². The lowest BCUT2D eigenvalue weighted by Gasteiger charge is -2.10. The van der Waals surface area contributed by atoms with E-state index in [-0.39, 0.29) is 0 Å². The molecule has 0 amide bonds. The molecule has 1 N–H and O–H groups in total. The van der Waals surface area contributed by atoms with Crippen LogP contribution in [0, 0.1) is 19.8 Å². The van der Waals surface area contributed by atoms with Gasteiger partial charge in [0.15, 0.2) is 0 Å². The number of aryl methyl sites for hydroxylation is 1. The molecule has 1 aromatic heterocycles. The minimum Gasteiger partial charge on any atom is -0.349 e. The standard InChI is InChI=1S/C14H24N2S/c1-4-16-11(2)7-14(12(16)3)9-15-8-13-5-6-17-10-13/h7,13,15H,4-6,8-10H2,1-3H3. The number of thioether (sulfide) groups is 1. The van der Waals surface area contributed by atoms with Gasteiger partial charge in [-0.1, -0.05) is 0 Å². The van der Waals surface area contributed by atoms with E-state index in [9.17, 15) is 0 Å². The van der Waals surface area contributed by atoms with Crippen molar-refractivity contribution >= 4 is 11.8 Å². The monoisotopic (exact) mass is 252 g/mol. The molecule has 3 heteroatoms. The maximum atomic E-state index is 3.62. The normalized spacial score (nSPS) is 20.1. The summed E-state index contributed by atoms with van der Waals surface area (Å²) in [5.74, 6) is 3.60. The second-order valence-corrected chi connectivity index (χ2v) is 6.15. The highest BCUT2D eigenvalue weighted by Gasteiger charge is 2.15. The molecule has 0 radical (unpaired) electrons. The molecule has 96 valence electrons. The largest absolute Gasteiger partial charge is 0.349 e. The molecule has 1 atom stereocenters. The number of hydrogen-bond acceptors (Lipinski definition) is 2. The fourth-order valence-corrected chi connectivity index (χ4v) is 3.98. The molecule has 0 bridgehead atoms. The lowest BCUT2D eigenvalue weighted by Crippen LogP contribution is -2.22. The highest BCUT2D eigenvalue weighted by atomic mass is 32.2. The van der Waals surface area contributed by atoms with Gasteiger partial charge < -0.3 is 9.88 Å². The van der Waals surface area contributed by atoms with Gasteiger partial charge in [0.2, 0.25) is 0 Å². The first kappa shape index (κ1) is 13.0. The van der Waals surface area contributed by atoms with Crippen LogP contribution < -0.4 is 5.32 Å². The number of hydrogen-bond donors (Lipinski definition) is 1. The Kier molecular flexibility index (Phi) is 4.57. The van der Waals surface area contributed by atoms with Crippen molar-refractivity contribution < 1.29 is 0 Å². The van der Waals surface area contributed by atoms with Crippen molar-refractivity contribution in [2.45, 2.75) is 40.3 Å². The van der Waals surface area contributed by atoms with Crippen LogP contribution in [-0.2, 0) is 13.1 Å². The Morgan fingerprint density at radius 3 is 2.88 bits per heavy atom. The molecule has 17 heavy (non-hydrogen) atoms. The minimum atomic E-state index is 0.898. The van der Waals surface area contributed by atoms with E-state index < -0.39 is 0 Å². The van der Waals surface area contributed by atoms with Crippen molar-refractivity contribution in [1.29, 1.82) is 0 Å². The fraction of sp³-hybridized carbons (Fsp3) is 0.714. The third-order valence-electron chi connectivity index (χ3n) is 3.77. The molecule has 1 fully saturated rings. The van der Waals surface area contributed by atoms with Crippen LogP contribution in [0.1, 0.15) is 30.3 Å². The summed E-state index contributed by atoms with van der Waals surface area (Å²) in [5, 5.41) is 3.62. The van der Waals surface area contributed by atoms with Crippen molar-refractivity contribution in [1.82, 2.24) is 9.88 Å². The molecule has 0 spiro atoms.